The van der Waals surface area contributed by atoms with Crippen molar-refractivity contribution in [3.63, 3.8) is 0 Å². The predicted octanol–water partition coefficient (Wildman–Crippen LogP) is 2.69. The number of halogens is 4. The minimum atomic E-state index is -4.66. The van der Waals surface area contributed by atoms with E-state index < -0.39 is 34.6 Å². The normalized spacial score (nSPS) is 14.6. The van der Waals surface area contributed by atoms with E-state index in [2.05, 4.69) is 5.32 Å². The summed E-state index contributed by atoms with van der Waals surface area (Å²) in [4.78, 5) is 11.8. The summed E-state index contributed by atoms with van der Waals surface area (Å²) in [7, 11) is 0. The molecule has 0 fully saturated rings. The van der Waals surface area contributed by atoms with E-state index >= 15 is 0 Å². The molecule has 2 N–H and O–H groups in total. The summed E-state index contributed by atoms with van der Waals surface area (Å²) in [6, 6.07) is 1.61. The lowest BCUT2D eigenvalue weighted by atomic mass is 10.1. The molecule has 1 atom stereocenters. The van der Waals surface area contributed by atoms with Crippen molar-refractivity contribution in [3.05, 3.63) is 35.1 Å². The first kappa shape index (κ1) is 17.8. The van der Waals surface area contributed by atoms with Crippen LogP contribution in [0.3, 0.4) is 0 Å². The molecule has 8 heteroatoms. The second-order valence-corrected chi connectivity index (χ2v) is 5.67. The number of carbonyl (C=O) groups excluding carboxylic acids is 1. The van der Waals surface area contributed by atoms with Crippen LogP contribution in [0.5, 0.6) is 0 Å². The largest absolute Gasteiger partial charge is 0.416 e. The lowest BCUT2D eigenvalue weighted by Crippen LogP contribution is -2.42. The van der Waals surface area contributed by atoms with Crippen LogP contribution < -0.4 is 5.32 Å². The van der Waals surface area contributed by atoms with Crippen LogP contribution in [0.1, 0.15) is 22.8 Å². The van der Waals surface area contributed by atoms with Crippen molar-refractivity contribution in [1.29, 1.82) is 0 Å². The molecule has 0 saturated carbocycles. The second kappa shape index (κ2) is 6.65. The van der Waals surface area contributed by atoms with Crippen molar-refractivity contribution in [2.45, 2.75) is 18.7 Å². The Labute approximate surface area is 123 Å². The van der Waals surface area contributed by atoms with Crippen LogP contribution in [0.25, 0.3) is 0 Å². The smallest absolute Gasteiger partial charge is 0.387 e. The van der Waals surface area contributed by atoms with Gasteiger partial charge in [-0.2, -0.15) is 24.9 Å². The SMILES string of the molecule is CSCC(C)(O)CNC(=O)c1cc(C(F)(F)F)ccc1F. The van der Waals surface area contributed by atoms with Gasteiger partial charge < -0.3 is 10.4 Å². The van der Waals surface area contributed by atoms with Crippen molar-refractivity contribution < 1.29 is 27.5 Å². The summed E-state index contributed by atoms with van der Waals surface area (Å²) in [5.74, 6) is -1.73. The molecule has 1 rings (SSSR count). The summed E-state index contributed by atoms with van der Waals surface area (Å²) in [6.07, 6.45) is -2.91. The molecule has 1 unspecified atom stereocenters. The number of amides is 1. The number of carbonyl (C=O) groups is 1. The number of thioether (sulfide) groups is 1. The quantitative estimate of drug-likeness (QED) is 0.819. The second-order valence-electron chi connectivity index (χ2n) is 4.81. The average molecular weight is 325 g/mol. The Morgan fingerprint density at radius 2 is 2.00 bits per heavy atom. The van der Waals surface area contributed by atoms with Crippen LogP contribution in [-0.4, -0.2) is 35.2 Å². The van der Waals surface area contributed by atoms with Gasteiger partial charge in [0.1, 0.15) is 5.82 Å². The highest BCUT2D eigenvalue weighted by Crippen LogP contribution is 2.30. The maximum absolute atomic E-state index is 13.5. The zero-order valence-electron chi connectivity index (χ0n) is 11.4. The monoisotopic (exact) mass is 325 g/mol. The molecular formula is C13H15F4NO2S. The highest BCUT2D eigenvalue weighted by molar-refractivity contribution is 7.98. The Hall–Kier alpha value is -1.28. The Kier molecular flexibility index (Phi) is 5.63. The van der Waals surface area contributed by atoms with Gasteiger partial charge in [0.15, 0.2) is 0 Å². The standard InChI is InChI=1S/C13H15F4NO2S/c1-12(20,7-21-2)6-18-11(19)9-5-8(13(15,16)17)3-4-10(9)14/h3-5,20H,6-7H2,1-2H3,(H,18,19). The highest BCUT2D eigenvalue weighted by atomic mass is 32.2. The van der Waals surface area contributed by atoms with E-state index in [1.165, 1.54) is 18.7 Å². The van der Waals surface area contributed by atoms with Crippen LogP contribution in [0.15, 0.2) is 18.2 Å². The third-order valence-electron chi connectivity index (χ3n) is 2.62. The first-order valence-corrected chi connectivity index (χ1v) is 7.32. The van der Waals surface area contributed by atoms with Crippen LogP contribution in [0.2, 0.25) is 0 Å². The highest BCUT2D eigenvalue weighted by Gasteiger charge is 2.32. The van der Waals surface area contributed by atoms with Gasteiger partial charge in [-0.3, -0.25) is 4.79 Å². The van der Waals surface area contributed by atoms with Crippen molar-refractivity contribution >= 4 is 17.7 Å². The maximum atomic E-state index is 13.5. The van der Waals surface area contributed by atoms with Gasteiger partial charge in [0.25, 0.3) is 5.91 Å². The van der Waals surface area contributed by atoms with Crippen LogP contribution >= 0.6 is 11.8 Å². The molecule has 0 heterocycles. The molecule has 0 radical (unpaired) electrons. The van der Waals surface area contributed by atoms with Crippen molar-refractivity contribution in [2.24, 2.45) is 0 Å². The Morgan fingerprint density at radius 1 is 1.38 bits per heavy atom. The molecular weight excluding hydrogens is 310 g/mol. The minimum absolute atomic E-state index is 0.192. The lowest BCUT2D eigenvalue weighted by molar-refractivity contribution is -0.137. The average Bonchev–Trinajstić information content (AvgIpc) is 2.35. The Balaban J connectivity index is 2.88. The third kappa shape index (κ3) is 5.20. The number of aliphatic hydroxyl groups is 1. The molecule has 0 spiro atoms. The Morgan fingerprint density at radius 3 is 2.52 bits per heavy atom. The zero-order chi connectivity index (χ0) is 16.3. The van der Waals surface area contributed by atoms with E-state index in [1.54, 1.807) is 6.26 Å². The first-order chi connectivity index (χ1) is 9.57. The van der Waals surface area contributed by atoms with Crippen molar-refractivity contribution in [1.82, 2.24) is 5.32 Å². The summed E-state index contributed by atoms with van der Waals surface area (Å²) in [5.41, 5.74) is -3.04. The molecule has 3 nitrogen and oxygen atoms in total. The number of rotatable bonds is 5. The van der Waals surface area contributed by atoms with Gasteiger partial charge in [0.2, 0.25) is 0 Å². The van der Waals surface area contributed by atoms with Gasteiger partial charge in [-0.1, -0.05) is 0 Å². The van der Waals surface area contributed by atoms with Gasteiger partial charge in [-0.15, -0.1) is 0 Å². The van der Waals surface area contributed by atoms with E-state index in [0.29, 0.717) is 24.0 Å². The molecule has 118 valence electrons. The summed E-state index contributed by atoms with van der Waals surface area (Å²) in [5, 5.41) is 12.1. The minimum Gasteiger partial charge on any atom is -0.387 e. The van der Waals surface area contributed by atoms with Gasteiger partial charge in [0, 0.05) is 12.3 Å². The van der Waals surface area contributed by atoms with Gasteiger partial charge in [-0.05, 0) is 31.4 Å². The molecule has 21 heavy (non-hydrogen) atoms. The van der Waals surface area contributed by atoms with E-state index in [1.807, 2.05) is 0 Å². The van der Waals surface area contributed by atoms with Crippen molar-refractivity contribution in [2.75, 3.05) is 18.6 Å². The topological polar surface area (TPSA) is 49.3 Å². The zero-order valence-corrected chi connectivity index (χ0v) is 12.2. The van der Waals surface area contributed by atoms with Crippen LogP contribution in [-0.2, 0) is 6.18 Å². The predicted molar refractivity (Wildman–Crippen MR) is 72.7 cm³/mol. The molecule has 0 aliphatic carbocycles. The molecule has 0 saturated heterocycles. The summed E-state index contributed by atoms with van der Waals surface area (Å²) >= 11 is 1.34. The van der Waals surface area contributed by atoms with Crippen LogP contribution in [0, 0.1) is 5.82 Å². The number of hydrogen-bond acceptors (Lipinski definition) is 3. The number of hydrogen-bond donors (Lipinski definition) is 2. The fourth-order valence-electron chi connectivity index (χ4n) is 1.60. The van der Waals surface area contributed by atoms with E-state index in [-0.39, 0.29) is 6.54 Å². The van der Waals surface area contributed by atoms with Gasteiger partial charge in [-0.25, -0.2) is 4.39 Å². The first-order valence-electron chi connectivity index (χ1n) is 5.93. The number of alkyl halides is 3. The number of benzene rings is 1. The maximum Gasteiger partial charge on any atom is 0.416 e. The lowest BCUT2D eigenvalue weighted by Gasteiger charge is -2.22. The van der Waals surface area contributed by atoms with Crippen LogP contribution in [0.4, 0.5) is 17.6 Å². The molecule has 1 amide bonds. The third-order valence-corrected chi connectivity index (χ3v) is 3.53. The van der Waals surface area contributed by atoms with Gasteiger partial charge >= 0.3 is 6.18 Å². The molecule has 1 aromatic carbocycles. The van der Waals surface area contributed by atoms with E-state index in [9.17, 15) is 27.5 Å². The van der Waals surface area contributed by atoms with Gasteiger partial charge in [0.05, 0.1) is 16.7 Å². The fraction of sp³-hybridized carbons (Fsp3) is 0.462. The number of nitrogens with one attached hydrogen (secondary N) is 1. The summed E-state index contributed by atoms with van der Waals surface area (Å²) in [6.45, 7) is 1.27. The molecule has 0 bridgehead atoms. The van der Waals surface area contributed by atoms with Crippen molar-refractivity contribution in [3.8, 4) is 0 Å². The van der Waals surface area contributed by atoms with E-state index in [4.69, 9.17) is 0 Å². The molecule has 0 aliphatic heterocycles. The molecule has 1 aromatic rings. The molecule has 0 aliphatic rings. The summed E-state index contributed by atoms with van der Waals surface area (Å²) < 4.78 is 51.1. The molecule has 0 aromatic heterocycles. The fourth-order valence-corrected chi connectivity index (χ4v) is 2.33. The van der Waals surface area contributed by atoms with E-state index in [0.717, 1.165) is 0 Å². The Bertz CT molecular complexity index is 517.